The summed E-state index contributed by atoms with van der Waals surface area (Å²) in [6.07, 6.45) is 0.311. The largest absolute Gasteiger partial charge is 0.483 e. The topological polar surface area (TPSA) is 190 Å². The van der Waals surface area contributed by atoms with Crippen LogP contribution in [0.4, 0.5) is 0 Å². The van der Waals surface area contributed by atoms with Gasteiger partial charge in [0, 0.05) is 70.1 Å². The van der Waals surface area contributed by atoms with Gasteiger partial charge in [0.1, 0.15) is 0 Å². The zero-order valence-corrected chi connectivity index (χ0v) is 43.0. The van der Waals surface area contributed by atoms with Crippen molar-refractivity contribution in [1.82, 2.24) is 0 Å². The van der Waals surface area contributed by atoms with E-state index in [2.05, 4.69) is 0 Å². The first-order valence-corrected chi connectivity index (χ1v) is 32.7. The van der Waals surface area contributed by atoms with E-state index in [0.29, 0.717) is 13.0 Å². The number of hydrogen-bond acceptors (Lipinski definition) is 14. The average molecular weight is 900 g/mol. The van der Waals surface area contributed by atoms with E-state index in [-0.39, 0.29) is 106 Å². The van der Waals surface area contributed by atoms with Crippen LogP contribution in [0.15, 0.2) is 0 Å². The van der Waals surface area contributed by atoms with Gasteiger partial charge in [-0.2, -0.15) is 0 Å². The van der Waals surface area contributed by atoms with Crippen molar-refractivity contribution < 1.29 is 78.2 Å². The van der Waals surface area contributed by atoms with E-state index in [1.54, 1.807) is 13.8 Å². The molecule has 22 heteroatoms. The van der Waals surface area contributed by atoms with Crippen LogP contribution >= 0.6 is 0 Å². The Hall–Kier alpha value is 1.67. The van der Waals surface area contributed by atoms with Crippen LogP contribution in [-0.4, -0.2) is 93.8 Å². The van der Waals surface area contributed by atoms with Gasteiger partial charge in [-0.05, 0) is 62.3 Å². The molecule has 3 fully saturated rings. The Labute approximate surface area is 337 Å². The molecule has 0 amide bonds. The number of rotatable bonds is 15. The molecule has 4 bridgehead atoms. The summed E-state index contributed by atoms with van der Waals surface area (Å²) in [5, 5.41) is 8.06. The van der Waals surface area contributed by atoms with Crippen LogP contribution < -0.4 is 5.73 Å². The second-order valence-corrected chi connectivity index (χ2v) is 37.4. The molecule has 14 nitrogen and oxygen atoms in total. The van der Waals surface area contributed by atoms with E-state index < -0.39 is 61.6 Å². The summed E-state index contributed by atoms with van der Waals surface area (Å²) in [7, 11) is -29.3. The molecule has 0 unspecified atom stereocenters. The molecule has 0 saturated carbocycles. The Morgan fingerprint density at radius 2 is 0.615 bits per heavy atom. The second kappa shape index (κ2) is 20.6. The molecular weight excluding hydrogens is 827 g/mol. The predicted octanol–water partition coefficient (Wildman–Crippen LogP) is 5.40. The van der Waals surface area contributed by atoms with Gasteiger partial charge >= 0.3 is 61.6 Å². The van der Waals surface area contributed by atoms with Gasteiger partial charge in [-0.1, -0.05) is 83.1 Å². The van der Waals surface area contributed by atoms with Gasteiger partial charge in [0.05, 0.1) is 0 Å². The van der Waals surface area contributed by atoms with Gasteiger partial charge in [-0.15, -0.1) is 0 Å². The molecular formula is C30H73NO13Si7Ti. The van der Waals surface area contributed by atoms with E-state index in [1.807, 2.05) is 83.1 Å². The van der Waals surface area contributed by atoms with Crippen molar-refractivity contribution in [3.05, 3.63) is 0 Å². The van der Waals surface area contributed by atoms with Crippen molar-refractivity contribution >= 4 is 61.6 Å². The third kappa shape index (κ3) is 16.1. The smallest absolute Gasteiger partial charge is 0.394 e. The summed E-state index contributed by atoms with van der Waals surface area (Å²) in [5.41, 5.74) is 6.11. The fourth-order valence-corrected chi connectivity index (χ4v) is 45.1. The number of hydrogen-bond donors (Lipinski definition) is 5. The van der Waals surface area contributed by atoms with Crippen molar-refractivity contribution in [3.63, 3.8) is 0 Å². The van der Waals surface area contributed by atoms with E-state index >= 15 is 0 Å². The number of fused-ring (bicyclic) bond motifs is 3. The van der Waals surface area contributed by atoms with Crippen molar-refractivity contribution in [2.24, 2.45) is 41.2 Å². The van der Waals surface area contributed by atoms with E-state index in [4.69, 9.17) is 47.9 Å². The van der Waals surface area contributed by atoms with Crippen molar-refractivity contribution in [1.29, 1.82) is 0 Å². The maximum atomic E-state index is 12.6. The zero-order chi connectivity index (χ0) is 39.3. The molecule has 0 aromatic rings. The SMILES string of the molecule is CC(C)C[Si]1(O)O[Si]2(CC(C)C)O[Si](O)(CC(C)C)O[Si]3(CC(C)C)O[Si](O)(CC(C)C)O[Si](CC(C)C)(O1)O[Si](CCCN)(O2)O3.CC(C)O.[Ti]. The monoisotopic (exact) mass is 899 g/mol. The molecule has 3 rings (SSSR count). The summed E-state index contributed by atoms with van der Waals surface area (Å²) in [6, 6.07) is 1.52. The molecule has 0 aromatic carbocycles. The standard InChI is InChI=1S/C27H65NO12Si7.C3H8O.Ti/c1-22(2)16-41(29)32-45(19-25(7)8)34-42(30,17-23(3)4)36-47(21-27(11)12)37-43(31,18-24(5)6)35-46(33-41,20-26(9)10)39-44(38-45,40-47)15-13-14-28;1-3(2)4;/h22-27,29-31H,13-21,28H2,1-12H3;3-4H,1-2H3;. The maximum absolute atomic E-state index is 12.6. The van der Waals surface area contributed by atoms with Crippen LogP contribution in [0.5, 0.6) is 0 Å². The Morgan fingerprint density at radius 1 is 0.404 bits per heavy atom. The van der Waals surface area contributed by atoms with Gasteiger partial charge < -0.3 is 62.3 Å². The fraction of sp³-hybridized carbons (Fsp3) is 1.00. The molecule has 0 aliphatic carbocycles. The van der Waals surface area contributed by atoms with Gasteiger partial charge in [-0.25, -0.2) is 0 Å². The van der Waals surface area contributed by atoms with Gasteiger partial charge in [0.25, 0.3) is 0 Å². The molecule has 3 heterocycles. The van der Waals surface area contributed by atoms with Crippen LogP contribution in [0.25, 0.3) is 0 Å². The number of aliphatic hydroxyl groups excluding tert-OH is 1. The Kier molecular flexibility index (Phi) is 20.5. The minimum Gasteiger partial charge on any atom is -0.394 e. The van der Waals surface area contributed by atoms with E-state index in [1.165, 1.54) is 0 Å². The summed E-state index contributed by atoms with van der Waals surface area (Å²) < 4.78 is 63.2. The maximum Gasteiger partial charge on any atom is 0.483 e. The quantitative estimate of drug-likeness (QED) is 0.132. The van der Waals surface area contributed by atoms with E-state index in [0.717, 1.165) is 0 Å². The third-order valence-corrected chi connectivity index (χ3v) is 39.0. The second-order valence-electron chi connectivity index (χ2n) is 17.4. The minimum absolute atomic E-state index is 0. The Bertz CT molecular complexity index is 943. The van der Waals surface area contributed by atoms with Gasteiger partial charge in [-0.3, -0.25) is 0 Å². The Morgan fingerprint density at radius 3 is 0.788 bits per heavy atom. The molecule has 52 heavy (non-hydrogen) atoms. The summed E-state index contributed by atoms with van der Waals surface area (Å²) >= 11 is 0. The molecule has 0 atom stereocenters. The van der Waals surface area contributed by atoms with Gasteiger partial charge in [0.15, 0.2) is 0 Å². The first kappa shape index (κ1) is 51.7. The first-order chi connectivity index (χ1) is 23.2. The van der Waals surface area contributed by atoms with Crippen LogP contribution in [0, 0.1) is 35.5 Å². The molecule has 3 saturated heterocycles. The third-order valence-electron chi connectivity index (χ3n) is 7.48. The van der Waals surface area contributed by atoms with Crippen LogP contribution in [0.3, 0.4) is 0 Å². The summed E-state index contributed by atoms with van der Waals surface area (Å²) in [5.74, 6) is -0.190. The van der Waals surface area contributed by atoms with Gasteiger partial charge in [0.2, 0.25) is 0 Å². The zero-order valence-electron chi connectivity index (χ0n) is 34.4. The first-order valence-electron chi connectivity index (χ1n) is 19.0. The summed E-state index contributed by atoms with van der Waals surface area (Å²) in [4.78, 5) is 37.8. The normalized spacial score (nSPS) is 36.8. The van der Waals surface area contributed by atoms with Crippen LogP contribution in [0.2, 0.25) is 42.3 Å². The number of aliphatic hydroxyl groups is 1. The van der Waals surface area contributed by atoms with Crippen LogP contribution in [-0.2, 0) is 58.8 Å². The molecule has 6 N–H and O–H groups in total. The van der Waals surface area contributed by atoms with Crippen molar-refractivity contribution in [3.8, 4) is 0 Å². The fourth-order valence-electron chi connectivity index (χ4n) is 6.63. The summed E-state index contributed by atoms with van der Waals surface area (Å²) in [6.45, 7) is 27.7. The molecule has 3 aliphatic heterocycles. The van der Waals surface area contributed by atoms with E-state index in [9.17, 15) is 14.4 Å². The molecule has 0 spiro atoms. The molecule has 308 valence electrons. The van der Waals surface area contributed by atoms with Crippen LogP contribution in [0.1, 0.15) is 103 Å². The molecule has 3 aliphatic rings. The van der Waals surface area contributed by atoms with Crippen molar-refractivity contribution in [2.75, 3.05) is 6.54 Å². The molecule has 0 aromatic heterocycles. The predicted molar refractivity (Wildman–Crippen MR) is 210 cm³/mol. The number of nitrogens with two attached hydrogens (primary N) is 1. The van der Waals surface area contributed by atoms with Crippen molar-refractivity contribution in [2.45, 2.75) is 152 Å². The molecule has 0 radical (unpaired) electrons. The Balaban J connectivity index is 0.00000256. The minimum atomic E-state index is -4.29. The average Bonchev–Trinajstić information content (AvgIpc) is 2.80.